The van der Waals surface area contributed by atoms with Crippen molar-refractivity contribution in [2.45, 2.75) is 46.7 Å². The normalized spacial score (nSPS) is 10.9. The van der Waals surface area contributed by atoms with Crippen LogP contribution in [0.25, 0.3) is 0 Å². The highest BCUT2D eigenvalue weighted by Crippen LogP contribution is 2.22. The van der Waals surface area contributed by atoms with Crippen molar-refractivity contribution in [1.29, 1.82) is 0 Å². The van der Waals surface area contributed by atoms with Gasteiger partial charge in [-0.3, -0.25) is 0 Å². The molecule has 2 rings (SSSR count). The Balaban J connectivity index is 2.24. The first kappa shape index (κ1) is 15.8. The summed E-state index contributed by atoms with van der Waals surface area (Å²) in [5.41, 5.74) is 0.996. The van der Waals surface area contributed by atoms with Gasteiger partial charge in [-0.25, -0.2) is 4.98 Å². The van der Waals surface area contributed by atoms with E-state index in [-0.39, 0.29) is 0 Å². The Hall–Kier alpha value is -1.62. The van der Waals surface area contributed by atoms with Crippen LogP contribution in [-0.4, -0.2) is 22.6 Å². The van der Waals surface area contributed by atoms with Crippen molar-refractivity contribution in [3.63, 3.8) is 0 Å². The lowest BCUT2D eigenvalue weighted by Crippen LogP contribution is -2.31. The summed E-state index contributed by atoms with van der Waals surface area (Å²) < 4.78 is 0. The molecule has 5 heteroatoms. The van der Waals surface area contributed by atoms with Gasteiger partial charge < -0.3 is 10.2 Å². The van der Waals surface area contributed by atoms with Gasteiger partial charge in [0.15, 0.2) is 0 Å². The van der Waals surface area contributed by atoms with Crippen molar-refractivity contribution >= 4 is 23.1 Å². The lowest BCUT2D eigenvalue weighted by Gasteiger charge is -2.28. The smallest absolute Gasteiger partial charge is 0.224 e. The zero-order chi connectivity index (χ0) is 15.2. The van der Waals surface area contributed by atoms with Gasteiger partial charge >= 0.3 is 0 Å². The molecule has 21 heavy (non-hydrogen) atoms. The van der Waals surface area contributed by atoms with E-state index in [0.29, 0.717) is 6.04 Å². The van der Waals surface area contributed by atoms with Crippen LogP contribution in [0.15, 0.2) is 23.6 Å². The lowest BCUT2D eigenvalue weighted by molar-refractivity contribution is 0.675. The molecule has 0 aliphatic carbocycles. The van der Waals surface area contributed by atoms with Crippen molar-refractivity contribution in [3.05, 3.63) is 34.2 Å². The van der Waals surface area contributed by atoms with E-state index < -0.39 is 0 Å². The van der Waals surface area contributed by atoms with E-state index in [0.717, 1.165) is 37.0 Å². The monoisotopic (exact) mass is 304 g/mol. The van der Waals surface area contributed by atoms with Crippen LogP contribution in [0.5, 0.6) is 0 Å². The van der Waals surface area contributed by atoms with E-state index in [1.54, 1.807) is 11.3 Å². The fourth-order valence-corrected chi connectivity index (χ4v) is 2.82. The highest BCUT2D eigenvalue weighted by Gasteiger charge is 2.15. The van der Waals surface area contributed by atoms with Gasteiger partial charge in [-0.15, -0.1) is 11.3 Å². The summed E-state index contributed by atoms with van der Waals surface area (Å²) in [6.07, 6.45) is 1.07. The molecule has 0 saturated carbocycles. The summed E-state index contributed by atoms with van der Waals surface area (Å²) in [5, 5.41) is 5.40. The first-order valence-corrected chi connectivity index (χ1v) is 8.36. The van der Waals surface area contributed by atoms with Gasteiger partial charge in [0.1, 0.15) is 5.82 Å². The molecular formula is C16H24N4S. The largest absolute Gasteiger partial charge is 0.354 e. The molecule has 0 unspecified atom stereocenters. The first-order valence-electron chi connectivity index (χ1n) is 7.48. The molecule has 0 fully saturated rings. The SMILES string of the molecule is CCCNc1nc(C)cc(N(Cc2cccs2)C(C)C)n1. The number of nitrogens with one attached hydrogen (secondary N) is 1. The van der Waals surface area contributed by atoms with Crippen molar-refractivity contribution in [3.8, 4) is 0 Å². The maximum Gasteiger partial charge on any atom is 0.224 e. The predicted octanol–water partition coefficient (Wildman–Crippen LogP) is 4.08. The molecule has 1 N–H and O–H groups in total. The van der Waals surface area contributed by atoms with Gasteiger partial charge in [-0.05, 0) is 38.6 Å². The first-order chi connectivity index (χ1) is 10.1. The van der Waals surface area contributed by atoms with Crippen LogP contribution < -0.4 is 10.2 Å². The number of nitrogens with zero attached hydrogens (tertiary/aromatic N) is 3. The van der Waals surface area contributed by atoms with Gasteiger partial charge in [0, 0.05) is 29.2 Å². The summed E-state index contributed by atoms with van der Waals surface area (Å²) in [4.78, 5) is 12.8. The second-order valence-corrected chi connectivity index (χ2v) is 6.45. The molecule has 2 aromatic heterocycles. The summed E-state index contributed by atoms with van der Waals surface area (Å²) in [7, 11) is 0. The molecule has 0 aromatic carbocycles. The van der Waals surface area contributed by atoms with Crippen molar-refractivity contribution < 1.29 is 0 Å². The zero-order valence-corrected chi connectivity index (χ0v) is 14.1. The fraction of sp³-hybridized carbons (Fsp3) is 0.500. The quantitative estimate of drug-likeness (QED) is 0.836. The molecule has 0 amide bonds. The van der Waals surface area contributed by atoms with E-state index in [1.807, 2.05) is 6.92 Å². The number of hydrogen-bond donors (Lipinski definition) is 1. The highest BCUT2D eigenvalue weighted by molar-refractivity contribution is 7.09. The van der Waals surface area contributed by atoms with Gasteiger partial charge in [-0.2, -0.15) is 4.98 Å². The third-order valence-electron chi connectivity index (χ3n) is 3.20. The molecule has 0 saturated heterocycles. The Morgan fingerprint density at radius 3 is 2.76 bits per heavy atom. The minimum atomic E-state index is 0.389. The van der Waals surface area contributed by atoms with Crippen LogP contribution in [0.3, 0.4) is 0 Å². The maximum atomic E-state index is 4.68. The Morgan fingerprint density at radius 1 is 1.33 bits per heavy atom. The molecule has 114 valence electrons. The lowest BCUT2D eigenvalue weighted by atomic mass is 10.2. The average Bonchev–Trinajstić information content (AvgIpc) is 2.94. The maximum absolute atomic E-state index is 4.68. The Morgan fingerprint density at radius 2 is 2.14 bits per heavy atom. The van der Waals surface area contributed by atoms with Crippen LogP contribution >= 0.6 is 11.3 Å². The molecule has 0 atom stereocenters. The fourth-order valence-electron chi connectivity index (χ4n) is 2.11. The van der Waals surface area contributed by atoms with E-state index in [4.69, 9.17) is 0 Å². The molecule has 0 aliphatic rings. The van der Waals surface area contributed by atoms with Gasteiger partial charge in [0.2, 0.25) is 5.95 Å². The number of hydrogen-bond acceptors (Lipinski definition) is 5. The van der Waals surface area contributed by atoms with Crippen LogP contribution in [0.4, 0.5) is 11.8 Å². The summed E-state index contributed by atoms with van der Waals surface area (Å²) in [5.74, 6) is 1.72. The minimum absolute atomic E-state index is 0.389. The van der Waals surface area contributed by atoms with Crippen LogP contribution in [0, 0.1) is 6.92 Å². The molecule has 0 spiro atoms. The second kappa shape index (κ2) is 7.41. The molecule has 0 radical (unpaired) electrons. The number of anilines is 2. The van der Waals surface area contributed by atoms with Crippen LogP contribution in [0.1, 0.15) is 37.8 Å². The number of aryl methyl sites for hydroxylation is 1. The van der Waals surface area contributed by atoms with Gasteiger partial charge in [-0.1, -0.05) is 13.0 Å². The Labute approximate surface area is 131 Å². The Kier molecular flexibility index (Phi) is 5.56. The van der Waals surface area contributed by atoms with Crippen LogP contribution in [-0.2, 0) is 6.54 Å². The highest BCUT2D eigenvalue weighted by atomic mass is 32.1. The molecule has 0 aliphatic heterocycles. The summed E-state index contributed by atoms with van der Waals surface area (Å²) in [6.45, 7) is 10.3. The van der Waals surface area contributed by atoms with Crippen molar-refractivity contribution in [1.82, 2.24) is 9.97 Å². The number of rotatable bonds is 7. The molecular weight excluding hydrogens is 280 g/mol. The third kappa shape index (κ3) is 4.43. The standard InChI is InChI=1S/C16H24N4S/c1-5-8-17-16-18-13(4)10-15(19-16)20(12(2)3)11-14-7-6-9-21-14/h6-7,9-10,12H,5,8,11H2,1-4H3,(H,17,18,19). The molecule has 2 heterocycles. The topological polar surface area (TPSA) is 41.1 Å². The van der Waals surface area contributed by atoms with Crippen LogP contribution in [0.2, 0.25) is 0 Å². The minimum Gasteiger partial charge on any atom is -0.354 e. The van der Waals surface area contributed by atoms with Gasteiger partial charge in [0.05, 0.1) is 6.54 Å². The van der Waals surface area contributed by atoms with E-state index in [1.165, 1.54) is 4.88 Å². The molecule has 2 aromatic rings. The summed E-state index contributed by atoms with van der Waals surface area (Å²) >= 11 is 1.78. The zero-order valence-electron chi connectivity index (χ0n) is 13.3. The van der Waals surface area contributed by atoms with E-state index in [2.05, 4.69) is 64.5 Å². The molecule has 0 bridgehead atoms. The molecule has 4 nitrogen and oxygen atoms in total. The number of aromatic nitrogens is 2. The Bertz CT molecular complexity index is 551. The second-order valence-electron chi connectivity index (χ2n) is 5.42. The average molecular weight is 304 g/mol. The number of thiophene rings is 1. The summed E-state index contributed by atoms with van der Waals surface area (Å²) in [6, 6.07) is 6.72. The van der Waals surface area contributed by atoms with Crippen molar-refractivity contribution in [2.75, 3.05) is 16.8 Å². The van der Waals surface area contributed by atoms with E-state index >= 15 is 0 Å². The van der Waals surface area contributed by atoms with Crippen molar-refractivity contribution in [2.24, 2.45) is 0 Å². The van der Waals surface area contributed by atoms with Gasteiger partial charge in [0.25, 0.3) is 0 Å². The predicted molar refractivity (Wildman–Crippen MR) is 91.2 cm³/mol. The third-order valence-corrected chi connectivity index (χ3v) is 4.06. The van der Waals surface area contributed by atoms with E-state index in [9.17, 15) is 0 Å².